The van der Waals surface area contributed by atoms with Crippen molar-refractivity contribution in [3.63, 3.8) is 0 Å². The van der Waals surface area contributed by atoms with Gasteiger partial charge in [0.05, 0.1) is 31.4 Å². The van der Waals surface area contributed by atoms with Crippen LogP contribution in [0.4, 0.5) is 15.8 Å². The van der Waals surface area contributed by atoms with Gasteiger partial charge < -0.3 is 14.8 Å². The lowest BCUT2D eigenvalue weighted by molar-refractivity contribution is -0.124. The van der Waals surface area contributed by atoms with Crippen molar-refractivity contribution in [3.05, 3.63) is 89.7 Å². The lowest BCUT2D eigenvalue weighted by atomic mass is 10.1. The minimum atomic E-state index is -1.19. The Balaban J connectivity index is 1.59. The maximum atomic E-state index is 13.6. The number of nitrogens with zero attached hydrogens (tertiary/aromatic N) is 2. The molecular formula is C28H25FN4O6S. The summed E-state index contributed by atoms with van der Waals surface area (Å²) in [6.45, 7) is 1.90. The number of anilines is 2. The number of amides is 3. The van der Waals surface area contributed by atoms with E-state index >= 15 is 0 Å². The molecule has 1 atom stereocenters. The lowest BCUT2D eigenvalue weighted by Crippen LogP contribution is -2.49. The van der Waals surface area contributed by atoms with Gasteiger partial charge in [0.1, 0.15) is 17.6 Å². The van der Waals surface area contributed by atoms with E-state index in [-0.39, 0.29) is 29.3 Å². The monoisotopic (exact) mass is 564 g/mol. The maximum absolute atomic E-state index is 13.6. The van der Waals surface area contributed by atoms with Crippen LogP contribution in [-0.4, -0.2) is 53.6 Å². The van der Waals surface area contributed by atoms with Gasteiger partial charge >= 0.3 is 5.97 Å². The van der Waals surface area contributed by atoms with E-state index in [9.17, 15) is 23.6 Å². The molecule has 0 aliphatic carbocycles. The molecule has 1 heterocycles. The maximum Gasteiger partial charge on any atom is 0.338 e. The Morgan fingerprint density at radius 1 is 0.950 bits per heavy atom. The molecule has 1 aliphatic heterocycles. The largest absolute Gasteiger partial charge is 0.497 e. The van der Waals surface area contributed by atoms with Gasteiger partial charge in [0.2, 0.25) is 11.0 Å². The van der Waals surface area contributed by atoms with Crippen LogP contribution in [0.5, 0.6) is 5.75 Å². The van der Waals surface area contributed by atoms with Gasteiger partial charge in [-0.05, 0) is 91.9 Å². The van der Waals surface area contributed by atoms with Crippen LogP contribution in [0.2, 0.25) is 0 Å². The highest BCUT2D eigenvalue weighted by atomic mass is 32.1. The Morgan fingerprint density at radius 2 is 1.57 bits per heavy atom. The molecule has 40 heavy (non-hydrogen) atoms. The van der Waals surface area contributed by atoms with Gasteiger partial charge in [0.15, 0.2) is 0 Å². The minimum Gasteiger partial charge on any atom is -0.497 e. The molecule has 0 bridgehead atoms. The van der Waals surface area contributed by atoms with E-state index in [1.807, 2.05) is 0 Å². The third-order valence-electron chi connectivity index (χ3n) is 5.93. The van der Waals surface area contributed by atoms with E-state index in [0.717, 1.165) is 5.01 Å². The zero-order valence-corrected chi connectivity index (χ0v) is 22.4. The fourth-order valence-corrected chi connectivity index (χ4v) is 4.30. The van der Waals surface area contributed by atoms with E-state index in [1.54, 1.807) is 19.1 Å². The van der Waals surface area contributed by atoms with Crippen LogP contribution in [0.25, 0.3) is 0 Å². The van der Waals surface area contributed by atoms with Crippen LogP contribution >= 0.6 is 12.2 Å². The van der Waals surface area contributed by atoms with E-state index in [0.29, 0.717) is 17.1 Å². The van der Waals surface area contributed by atoms with Crippen LogP contribution in [0.3, 0.4) is 0 Å². The van der Waals surface area contributed by atoms with Crippen molar-refractivity contribution in [2.75, 3.05) is 23.9 Å². The molecule has 1 fully saturated rings. The van der Waals surface area contributed by atoms with Crippen molar-refractivity contribution in [2.24, 2.45) is 0 Å². The van der Waals surface area contributed by atoms with Gasteiger partial charge in [-0.15, -0.1) is 0 Å². The Hall–Kier alpha value is -4.84. The zero-order valence-electron chi connectivity index (χ0n) is 21.5. The van der Waals surface area contributed by atoms with Crippen LogP contribution in [0.15, 0.2) is 72.8 Å². The predicted octanol–water partition coefficient (Wildman–Crippen LogP) is 3.69. The number of benzene rings is 3. The molecule has 0 spiro atoms. The number of carbonyl (C=O) groups is 4. The molecule has 0 saturated carbocycles. The summed E-state index contributed by atoms with van der Waals surface area (Å²) in [4.78, 5) is 52.7. The van der Waals surface area contributed by atoms with Gasteiger partial charge in [0, 0.05) is 11.3 Å². The SMILES string of the molecule is CCOC(=O)c1ccc(N2C(=O)[C@@H](CC(=O)Nc3ccc(F)cc3)N(NC(=O)c3ccc(OC)cc3)C2=S)cc1. The number of rotatable bonds is 9. The molecule has 10 nitrogen and oxygen atoms in total. The lowest BCUT2D eigenvalue weighted by Gasteiger charge is -2.24. The average molecular weight is 565 g/mol. The van der Waals surface area contributed by atoms with Gasteiger partial charge in [-0.3, -0.25) is 24.7 Å². The van der Waals surface area contributed by atoms with Crippen LogP contribution in [0.1, 0.15) is 34.1 Å². The molecule has 0 aromatic heterocycles. The predicted molar refractivity (Wildman–Crippen MR) is 148 cm³/mol. The summed E-state index contributed by atoms with van der Waals surface area (Å²) < 4.78 is 23.4. The normalized spacial score (nSPS) is 14.6. The molecule has 4 rings (SSSR count). The van der Waals surface area contributed by atoms with Crippen molar-refractivity contribution in [2.45, 2.75) is 19.4 Å². The van der Waals surface area contributed by atoms with E-state index in [1.165, 1.54) is 72.7 Å². The highest BCUT2D eigenvalue weighted by molar-refractivity contribution is 7.80. The molecule has 0 radical (unpaired) electrons. The standard InChI is InChI=1S/C28H25FN4O6S/c1-3-39-27(37)18-4-12-21(13-5-18)32-26(36)23(16-24(34)30-20-10-8-19(29)9-11-20)33(28(32)40)31-25(35)17-6-14-22(38-2)15-7-17/h4-15,23H,3,16H2,1-2H3,(H,30,34)(H,31,35)/t23-/m1/s1. The van der Waals surface area contributed by atoms with Crippen molar-refractivity contribution >= 4 is 52.4 Å². The zero-order chi connectivity index (χ0) is 28.8. The quantitative estimate of drug-likeness (QED) is 0.299. The third kappa shape index (κ3) is 6.24. The number of methoxy groups -OCH3 is 1. The smallest absolute Gasteiger partial charge is 0.338 e. The topological polar surface area (TPSA) is 117 Å². The van der Waals surface area contributed by atoms with E-state index < -0.39 is 35.5 Å². The number of hydrogen-bond donors (Lipinski definition) is 2. The number of nitrogens with one attached hydrogen (secondary N) is 2. The number of hydrazine groups is 1. The molecule has 3 aromatic carbocycles. The van der Waals surface area contributed by atoms with Gasteiger partial charge in [-0.25, -0.2) is 14.2 Å². The first kappa shape index (κ1) is 28.2. The number of thiocarbonyl (C=S) groups is 1. The van der Waals surface area contributed by atoms with Crippen LogP contribution in [0, 0.1) is 5.82 Å². The summed E-state index contributed by atoms with van der Waals surface area (Å²) in [6, 6.07) is 16.2. The Bertz CT molecular complexity index is 1430. The summed E-state index contributed by atoms with van der Waals surface area (Å²) in [5.41, 5.74) is 3.84. The number of hydrogen-bond acceptors (Lipinski definition) is 7. The van der Waals surface area contributed by atoms with Gasteiger partial charge in [-0.1, -0.05) is 0 Å². The first-order chi connectivity index (χ1) is 19.2. The highest BCUT2D eigenvalue weighted by Crippen LogP contribution is 2.27. The van der Waals surface area contributed by atoms with Crippen LogP contribution < -0.4 is 20.4 Å². The number of carbonyl (C=O) groups excluding carboxylic acids is 4. The Kier molecular flexibility index (Phi) is 8.70. The highest BCUT2D eigenvalue weighted by Gasteiger charge is 2.45. The number of esters is 1. The summed E-state index contributed by atoms with van der Waals surface area (Å²) in [5.74, 6) is -2.13. The van der Waals surface area contributed by atoms with E-state index in [4.69, 9.17) is 21.7 Å². The van der Waals surface area contributed by atoms with Crippen LogP contribution in [-0.2, 0) is 14.3 Å². The molecule has 3 aromatic rings. The molecule has 1 aliphatic rings. The second-order valence-corrected chi connectivity index (χ2v) is 8.90. The molecule has 2 N–H and O–H groups in total. The third-order valence-corrected chi connectivity index (χ3v) is 6.31. The molecule has 12 heteroatoms. The van der Waals surface area contributed by atoms with Gasteiger partial charge in [0.25, 0.3) is 11.8 Å². The summed E-state index contributed by atoms with van der Waals surface area (Å²) >= 11 is 5.56. The molecule has 206 valence electrons. The summed E-state index contributed by atoms with van der Waals surface area (Å²) in [5, 5.41) is 3.70. The second kappa shape index (κ2) is 12.3. The fraction of sp³-hybridized carbons (Fsp3) is 0.179. The first-order valence-corrected chi connectivity index (χ1v) is 12.6. The minimum absolute atomic E-state index is 0.0738. The van der Waals surface area contributed by atoms with Crippen molar-refractivity contribution in [1.82, 2.24) is 10.4 Å². The first-order valence-electron chi connectivity index (χ1n) is 12.2. The average Bonchev–Trinajstić information content (AvgIpc) is 3.18. The van der Waals surface area contributed by atoms with Crippen molar-refractivity contribution < 1.29 is 33.0 Å². The van der Waals surface area contributed by atoms with Crippen molar-refractivity contribution in [1.29, 1.82) is 0 Å². The molecular weight excluding hydrogens is 539 g/mol. The second-order valence-electron chi connectivity index (χ2n) is 8.54. The molecule has 1 saturated heterocycles. The fourth-order valence-electron chi connectivity index (χ4n) is 3.93. The number of ether oxygens (including phenoxy) is 2. The Labute approximate surface area is 234 Å². The van der Waals surface area contributed by atoms with Crippen molar-refractivity contribution in [3.8, 4) is 5.75 Å². The summed E-state index contributed by atoms with van der Waals surface area (Å²) in [6.07, 6.45) is -0.378. The van der Waals surface area contributed by atoms with Gasteiger partial charge in [-0.2, -0.15) is 0 Å². The molecule has 3 amide bonds. The molecule has 0 unspecified atom stereocenters. The van der Waals surface area contributed by atoms with E-state index in [2.05, 4.69) is 10.7 Å². The summed E-state index contributed by atoms with van der Waals surface area (Å²) in [7, 11) is 1.50. The number of halogens is 1. The Morgan fingerprint density at radius 3 is 2.17 bits per heavy atom.